The molecule has 0 spiro atoms. The van der Waals surface area contributed by atoms with Crippen molar-refractivity contribution in [3.05, 3.63) is 30.1 Å². The zero-order valence-corrected chi connectivity index (χ0v) is 8.90. The predicted molar refractivity (Wildman–Crippen MR) is 62.6 cm³/mol. The van der Waals surface area contributed by atoms with Crippen LogP contribution in [-0.2, 0) is 7.05 Å². The Hall–Kier alpha value is -1.02. The van der Waals surface area contributed by atoms with Crippen LogP contribution >= 0.6 is 0 Å². The van der Waals surface area contributed by atoms with Crippen LogP contribution in [0.3, 0.4) is 0 Å². The van der Waals surface area contributed by atoms with Gasteiger partial charge in [-0.1, -0.05) is 6.08 Å². The molecule has 2 aliphatic rings. The molecule has 0 saturated heterocycles. The Morgan fingerprint density at radius 2 is 2.33 bits per heavy atom. The monoisotopic (exact) mass is 206 g/mol. The lowest BCUT2D eigenvalue weighted by molar-refractivity contribution is 0.291. The summed E-state index contributed by atoms with van der Waals surface area (Å²) in [5.74, 6) is 0. The van der Waals surface area contributed by atoms with E-state index in [4.69, 9.17) is 5.48 Å². The van der Waals surface area contributed by atoms with Gasteiger partial charge in [-0.3, -0.25) is 4.90 Å². The second-order valence-electron chi connectivity index (χ2n) is 4.24. The summed E-state index contributed by atoms with van der Waals surface area (Å²) in [6.45, 7) is -3.35. The van der Waals surface area contributed by atoms with E-state index in [-0.39, 0.29) is 12.5 Å². The van der Waals surface area contributed by atoms with Gasteiger partial charge in [0.15, 0.2) is 0 Å². The number of hydrogen-bond acceptors (Lipinski definition) is 1. The normalized spacial score (nSPS) is 33.5. The van der Waals surface area contributed by atoms with Crippen molar-refractivity contribution in [2.75, 3.05) is 13.0 Å². The summed E-state index contributed by atoms with van der Waals surface area (Å²) >= 11 is 0. The number of aryl methyl sites for hydroxylation is 1. The third-order valence-corrected chi connectivity index (χ3v) is 3.00. The summed E-state index contributed by atoms with van der Waals surface area (Å²) in [6, 6.07) is 3.86. The first-order valence-electron chi connectivity index (χ1n) is 7.44. The molecular formula is C13H18N2. The van der Waals surface area contributed by atoms with Gasteiger partial charge in [0.1, 0.15) is 0 Å². The summed E-state index contributed by atoms with van der Waals surface area (Å²) in [7, 11) is 1.90. The highest BCUT2D eigenvalue weighted by Crippen LogP contribution is 2.31. The van der Waals surface area contributed by atoms with E-state index in [0.29, 0.717) is 0 Å². The fourth-order valence-corrected chi connectivity index (χ4v) is 1.94. The lowest BCUT2D eigenvalue weighted by atomic mass is 10.0. The highest BCUT2D eigenvalue weighted by Gasteiger charge is 2.29. The van der Waals surface area contributed by atoms with Crippen molar-refractivity contribution in [3.8, 4) is 0 Å². The maximum absolute atomic E-state index is 8.22. The van der Waals surface area contributed by atoms with Crippen LogP contribution < -0.4 is 0 Å². The second kappa shape index (κ2) is 3.53. The molecule has 0 aromatic carbocycles. The van der Waals surface area contributed by atoms with Crippen LogP contribution in [0.4, 0.5) is 0 Å². The molecule has 1 aliphatic heterocycles. The van der Waals surface area contributed by atoms with E-state index in [9.17, 15) is 0 Å². The van der Waals surface area contributed by atoms with Crippen molar-refractivity contribution < 1.29 is 5.48 Å². The SMILES string of the molecule is [2H]C1([2H])C=C(c2cccn2C)CC([2H])([2H])N1C1CC1. The van der Waals surface area contributed by atoms with Crippen molar-refractivity contribution in [2.24, 2.45) is 7.05 Å². The van der Waals surface area contributed by atoms with Crippen LogP contribution in [0.15, 0.2) is 24.4 Å². The summed E-state index contributed by atoms with van der Waals surface area (Å²) in [5.41, 5.74) is 1.64. The van der Waals surface area contributed by atoms with Crippen LogP contribution in [0.25, 0.3) is 5.57 Å². The average molecular weight is 206 g/mol. The molecule has 0 amide bonds. The molecule has 0 unspecified atom stereocenters. The molecule has 0 radical (unpaired) electrons. The number of hydrogen-bond donors (Lipinski definition) is 0. The van der Waals surface area contributed by atoms with E-state index in [1.165, 1.54) is 4.90 Å². The Morgan fingerprint density at radius 1 is 1.47 bits per heavy atom. The summed E-state index contributed by atoms with van der Waals surface area (Å²) in [4.78, 5) is 1.41. The zero-order chi connectivity index (χ0) is 13.8. The smallest absolute Gasteiger partial charge is 0.0475 e. The van der Waals surface area contributed by atoms with Crippen LogP contribution in [0.1, 0.15) is 30.4 Å². The quantitative estimate of drug-likeness (QED) is 0.720. The van der Waals surface area contributed by atoms with Crippen LogP contribution in [0, 0.1) is 0 Å². The molecule has 1 aliphatic carbocycles. The Bertz CT molecular complexity index is 529. The van der Waals surface area contributed by atoms with Gasteiger partial charge in [0.05, 0.1) is 0 Å². The fourth-order valence-electron chi connectivity index (χ4n) is 1.94. The van der Waals surface area contributed by atoms with Gasteiger partial charge >= 0.3 is 0 Å². The first-order valence-corrected chi connectivity index (χ1v) is 5.44. The summed E-state index contributed by atoms with van der Waals surface area (Å²) in [6.07, 6.45) is 5.51. The third kappa shape index (κ3) is 1.74. The van der Waals surface area contributed by atoms with Crippen molar-refractivity contribution >= 4 is 5.57 Å². The van der Waals surface area contributed by atoms with Gasteiger partial charge in [0.2, 0.25) is 0 Å². The molecule has 1 saturated carbocycles. The van der Waals surface area contributed by atoms with Gasteiger partial charge in [-0.15, -0.1) is 0 Å². The molecule has 1 aromatic heterocycles. The molecule has 2 nitrogen and oxygen atoms in total. The van der Waals surface area contributed by atoms with Crippen molar-refractivity contribution in [3.63, 3.8) is 0 Å². The van der Waals surface area contributed by atoms with E-state index >= 15 is 0 Å². The minimum atomic E-state index is -1.72. The molecular weight excluding hydrogens is 184 g/mol. The molecule has 2 heteroatoms. The fraction of sp³-hybridized carbons (Fsp3) is 0.538. The van der Waals surface area contributed by atoms with E-state index in [0.717, 1.165) is 24.1 Å². The zero-order valence-electron chi connectivity index (χ0n) is 12.9. The van der Waals surface area contributed by atoms with Gasteiger partial charge in [-0.2, -0.15) is 0 Å². The van der Waals surface area contributed by atoms with Crippen molar-refractivity contribution in [1.82, 2.24) is 9.47 Å². The molecule has 2 heterocycles. The van der Waals surface area contributed by atoms with Crippen LogP contribution in [0.5, 0.6) is 0 Å². The maximum atomic E-state index is 8.22. The van der Waals surface area contributed by atoms with E-state index in [2.05, 4.69) is 0 Å². The third-order valence-electron chi connectivity index (χ3n) is 3.00. The Balaban J connectivity index is 2.03. The first kappa shape index (κ1) is 5.90. The molecule has 0 atom stereocenters. The topological polar surface area (TPSA) is 8.17 Å². The van der Waals surface area contributed by atoms with Gasteiger partial charge in [0, 0.05) is 43.5 Å². The molecule has 1 fully saturated rings. The lowest BCUT2D eigenvalue weighted by Crippen LogP contribution is -2.30. The van der Waals surface area contributed by atoms with Crippen LogP contribution in [0.2, 0.25) is 0 Å². The largest absolute Gasteiger partial charge is 0.351 e. The maximum Gasteiger partial charge on any atom is 0.0475 e. The summed E-state index contributed by atoms with van der Waals surface area (Å²) < 4.78 is 34.7. The first-order chi connectivity index (χ1) is 8.81. The van der Waals surface area contributed by atoms with Gasteiger partial charge < -0.3 is 4.57 Å². The minimum absolute atomic E-state index is 0.0520. The molecule has 3 rings (SSSR count). The Kier molecular flexibility index (Phi) is 1.39. The Morgan fingerprint density at radius 3 is 2.93 bits per heavy atom. The standard InChI is InChI=1S/C13H18N2/c1-14-8-2-3-13(14)11-6-9-15(10-7-11)12-4-5-12/h2-3,6,8,12H,4-5,7,9-10H2,1H3/i9D2,10D2. The average Bonchev–Trinajstić information content (AvgIpc) is 2.95. The number of rotatable bonds is 2. The lowest BCUT2D eigenvalue weighted by Gasteiger charge is -2.26. The Labute approximate surface area is 96.8 Å². The summed E-state index contributed by atoms with van der Waals surface area (Å²) in [5, 5.41) is 0. The van der Waals surface area contributed by atoms with Crippen molar-refractivity contribution in [1.29, 1.82) is 0 Å². The molecule has 0 bridgehead atoms. The highest BCUT2D eigenvalue weighted by atomic mass is 15.2. The van der Waals surface area contributed by atoms with E-state index in [1.807, 2.05) is 29.9 Å². The molecule has 1 aromatic rings. The van der Waals surface area contributed by atoms with Gasteiger partial charge in [-0.25, -0.2) is 0 Å². The number of nitrogens with zero attached hydrogens (tertiary/aromatic N) is 2. The second-order valence-corrected chi connectivity index (χ2v) is 4.24. The number of aromatic nitrogens is 1. The minimum Gasteiger partial charge on any atom is -0.351 e. The molecule has 80 valence electrons. The van der Waals surface area contributed by atoms with Gasteiger partial charge in [0.25, 0.3) is 0 Å². The van der Waals surface area contributed by atoms with Crippen LogP contribution in [-0.4, -0.2) is 28.5 Å². The van der Waals surface area contributed by atoms with Gasteiger partial charge in [-0.05, 0) is 37.0 Å². The predicted octanol–water partition coefficient (Wildman–Crippen LogP) is 2.28. The van der Waals surface area contributed by atoms with E-state index in [1.54, 1.807) is 6.08 Å². The highest BCUT2D eigenvalue weighted by molar-refractivity contribution is 5.64. The molecule has 0 N–H and O–H groups in total. The van der Waals surface area contributed by atoms with E-state index < -0.39 is 13.0 Å². The van der Waals surface area contributed by atoms with Crippen molar-refractivity contribution in [2.45, 2.75) is 25.3 Å². The molecule has 15 heavy (non-hydrogen) atoms.